The van der Waals surface area contributed by atoms with Crippen LogP contribution in [-0.2, 0) is 7.05 Å². The SMILES string of the molecule is Cc1ccc(Nc2c(C(=O)O)cn(C)c(=O)c2F)c(F)c1. The van der Waals surface area contributed by atoms with Crippen molar-refractivity contribution >= 4 is 17.3 Å². The summed E-state index contributed by atoms with van der Waals surface area (Å²) in [4.78, 5) is 22.7. The van der Waals surface area contributed by atoms with Crippen LogP contribution in [0.25, 0.3) is 0 Å². The Kier molecular flexibility index (Phi) is 3.75. The molecule has 2 N–H and O–H groups in total. The zero-order valence-electron chi connectivity index (χ0n) is 11.3. The molecule has 0 bridgehead atoms. The fourth-order valence-corrected chi connectivity index (χ4v) is 1.84. The average Bonchev–Trinajstić information content (AvgIpc) is 2.41. The van der Waals surface area contributed by atoms with E-state index in [1.807, 2.05) is 0 Å². The molecule has 0 radical (unpaired) electrons. The molecule has 0 spiro atoms. The Balaban J connectivity index is 2.60. The van der Waals surface area contributed by atoms with E-state index in [1.54, 1.807) is 13.0 Å². The second kappa shape index (κ2) is 5.35. The molecule has 1 aromatic heterocycles. The van der Waals surface area contributed by atoms with Crippen LogP contribution in [0.1, 0.15) is 15.9 Å². The minimum atomic E-state index is -1.43. The number of pyridine rings is 1. The van der Waals surface area contributed by atoms with Crippen molar-refractivity contribution in [1.29, 1.82) is 0 Å². The molecule has 2 aromatic rings. The molecule has 21 heavy (non-hydrogen) atoms. The molecule has 1 aromatic carbocycles. The van der Waals surface area contributed by atoms with Crippen LogP contribution in [0, 0.1) is 18.6 Å². The lowest BCUT2D eigenvalue weighted by Crippen LogP contribution is -2.24. The van der Waals surface area contributed by atoms with Crippen molar-refractivity contribution in [2.45, 2.75) is 6.92 Å². The van der Waals surface area contributed by atoms with E-state index in [1.165, 1.54) is 19.2 Å². The fourth-order valence-electron chi connectivity index (χ4n) is 1.84. The van der Waals surface area contributed by atoms with Gasteiger partial charge < -0.3 is 15.0 Å². The standard InChI is InChI=1S/C14H12F2N2O3/c1-7-3-4-10(9(15)5-7)17-12-8(14(20)21)6-18(2)13(19)11(12)16/h3-6,17H,1-2H3,(H,20,21). The smallest absolute Gasteiger partial charge is 0.339 e. The van der Waals surface area contributed by atoms with E-state index in [-0.39, 0.29) is 5.69 Å². The number of benzene rings is 1. The third kappa shape index (κ3) is 2.76. The van der Waals surface area contributed by atoms with Crippen LogP contribution in [0.2, 0.25) is 0 Å². The Morgan fingerprint density at radius 1 is 1.33 bits per heavy atom. The molecule has 7 heteroatoms. The first kappa shape index (κ1) is 14.7. The Labute approximate surface area is 118 Å². The highest BCUT2D eigenvalue weighted by Gasteiger charge is 2.20. The molecule has 0 aliphatic heterocycles. The third-order valence-electron chi connectivity index (χ3n) is 2.93. The molecular formula is C14H12F2N2O3. The highest BCUT2D eigenvalue weighted by atomic mass is 19.1. The number of nitrogens with zero attached hydrogens (tertiary/aromatic N) is 1. The second-order valence-corrected chi connectivity index (χ2v) is 4.56. The number of hydrogen-bond acceptors (Lipinski definition) is 3. The molecule has 0 fully saturated rings. The lowest BCUT2D eigenvalue weighted by atomic mass is 10.2. The summed E-state index contributed by atoms with van der Waals surface area (Å²) in [6.45, 7) is 1.67. The van der Waals surface area contributed by atoms with Crippen molar-refractivity contribution in [2.24, 2.45) is 7.05 Å². The van der Waals surface area contributed by atoms with Crippen LogP contribution in [0.15, 0.2) is 29.2 Å². The van der Waals surface area contributed by atoms with Crippen LogP contribution >= 0.6 is 0 Å². The average molecular weight is 294 g/mol. The highest BCUT2D eigenvalue weighted by Crippen LogP contribution is 2.25. The van der Waals surface area contributed by atoms with Gasteiger partial charge in [0, 0.05) is 13.2 Å². The van der Waals surface area contributed by atoms with Crippen molar-refractivity contribution in [1.82, 2.24) is 4.57 Å². The van der Waals surface area contributed by atoms with E-state index >= 15 is 0 Å². The number of carbonyl (C=O) groups is 1. The molecule has 0 amide bonds. The summed E-state index contributed by atoms with van der Waals surface area (Å²) < 4.78 is 28.6. The summed E-state index contributed by atoms with van der Waals surface area (Å²) in [7, 11) is 1.23. The monoisotopic (exact) mass is 294 g/mol. The van der Waals surface area contributed by atoms with Gasteiger partial charge in [0.1, 0.15) is 11.4 Å². The Morgan fingerprint density at radius 3 is 2.57 bits per heavy atom. The number of anilines is 2. The maximum absolute atomic E-state index is 14.0. The lowest BCUT2D eigenvalue weighted by Gasteiger charge is -2.12. The number of aromatic carboxylic acids is 1. The molecule has 0 atom stereocenters. The number of hydrogen-bond donors (Lipinski definition) is 2. The summed E-state index contributed by atoms with van der Waals surface area (Å²) in [6, 6.07) is 4.12. The Hall–Kier alpha value is -2.70. The Bertz CT molecular complexity index is 785. The van der Waals surface area contributed by atoms with Crippen molar-refractivity contribution in [2.75, 3.05) is 5.32 Å². The summed E-state index contributed by atoms with van der Waals surface area (Å²) in [6.07, 6.45) is 0.974. The van der Waals surface area contributed by atoms with Gasteiger partial charge in [0.2, 0.25) is 5.82 Å². The first-order chi connectivity index (χ1) is 9.81. The van der Waals surface area contributed by atoms with E-state index in [0.29, 0.717) is 5.56 Å². The van der Waals surface area contributed by atoms with Gasteiger partial charge in [-0.05, 0) is 24.6 Å². The predicted molar refractivity (Wildman–Crippen MR) is 73.0 cm³/mol. The zero-order valence-corrected chi connectivity index (χ0v) is 11.3. The summed E-state index contributed by atoms with van der Waals surface area (Å²) in [5.74, 6) is -3.39. The van der Waals surface area contributed by atoms with Gasteiger partial charge in [0.25, 0.3) is 5.56 Å². The van der Waals surface area contributed by atoms with Crippen LogP contribution in [0.3, 0.4) is 0 Å². The quantitative estimate of drug-likeness (QED) is 0.912. The molecule has 0 aliphatic carbocycles. The van der Waals surface area contributed by atoms with Crippen LogP contribution in [-0.4, -0.2) is 15.6 Å². The van der Waals surface area contributed by atoms with E-state index < -0.39 is 34.4 Å². The van der Waals surface area contributed by atoms with Crippen molar-refractivity contribution < 1.29 is 18.7 Å². The normalized spacial score (nSPS) is 10.5. The number of nitrogens with one attached hydrogen (secondary N) is 1. The van der Waals surface area contributed by atoms with Crippen LogP contribution in [0.5, 0.6) is 0 Å². The number of carboxylic acids is 1. The number of rotatable bonds is 3. The first-order valence-electron chi connectivity index (χ1n) is 5.97. The van der Waals surface area contributed by atoms with Gasteiger partial charge in [-0.15, -0.1) is 0 Å². The largest absolute Gasteiger partial charge is 0.478 e. The zero-order chi connectivity index (χ0) is 15.7. The second-order valence-electron chi connectivity index (χ2n) is 4.56. The highest BCUT2D eigenvalue weighted by molar-refractivity contribution is 5.95. The van der Waals surface area contributed by atoms with Gasteiger partial charge in [0.05, 0.1) is 11.4 Å². The van der Waals surface area contributed by atoms with Gasteiger partial charge in [-0.25, -0.2) is 9.18 Å². The molecule has 1 heterocycles. The van der Waals surface area contributed by atoms with Crippen molar-refractivity contribution in [3.05, 3.63) is 57.5 Å². The van der Waals surface area contributed by atoms with Gasteiger partial charge in [0.15, 0.2) is 0 Å². The van der Waals surface area contributed by atoms with Crippen molar-refractivity contribution in [3.8, 4) is 0 Å². The van der Waals surface area contributed by atoms with Crippen molar-refractivity contribution in [3.63, 3.8) is 0 Å². The van der Waals surface area contributed by atoms with E-state index in [4.69, 9.17) is 5.11 Å². The van der Waals surface area contributed by atoms with E-state index in [0.717, 1.165) is 10.8 Å². The van der Waals surface area contributed by atoms with Gasteiger partial charge in [-0.1, -0.05) is 6.07 Å². The van der Waals surface area contributed by atoms with Crippen LogP contribution < -0.4 is 10.9 Å². The summed E-state index contributed by atoms with van der Waals surface area (Å²) in [5, 5.41) is 11.4. The predicted octanol–water partition coefficient (Wildman–Crippen LogP) is 2.41. The summed E-state index contributed by atoms with van der Waals surface area (Å²) >= 11 is 0. The van der Waals surface area contributed by atoms with E-state index in [9.17, 15) is 18.4 Å². The lowest BCUT2D eigenvalue weighted by molar-refractivity contribution is 0.0696. The maximum atomic E-state index is 14.0. The third-order valence-corrected chi connectivity index (χ3v) is 2.93. The summed E-state index contributed by atoms with van der Waals surface area (Å²) in [5.41, 5.74) is -1.49. The minimum absolute atomic E-state index is 0.116. The topological polar surface area (TPSA) is 71.3 Å². The molecule has 0 unspecified atom stereocenters. The van der Waals surface area contributed by atoms with Gasteiger partial charge in [-0.2, -0.15) is 4.39 Å². The molecule has 0 saturated heterocycles. The molecule has 2 rings (SSSR count). The van der Waals surface area contributed by atoms with Gasteiger partial charge in [-0.3, -0.25) is 4.79 Å². The number of aromatic nitrogens is 1. The Morgan fingerprint density at radius 2 is 2.00 bits per heavy atom. The number of carboxylic acid groups (broad SMARTS) is 1. The molecule has 5 nitrogen and oxygen atoms in total. The van der Waals surface area contributed by atoms with E-state index in [2.05, 4.69) is 5.32 Å². The number of halogens is 2. The fraction of sp³-hybridized carbons (Fsp3) is 0.143. The van der Waals surface area contributed by atoms with Crippen LogP contribution in [0.4, 0.5) is 20.2 Å². The van der Waals surface area contributed by atoms with Gasteiger partial charge >= 0.3 is 5.97 Å². The molecule has 110 valence electrons. The molecular weight excluding hydrogens is 282 g/mol. The minimum Gasteiger partial charge on any atom is -0.478 e. The molecule has 0 aliphatic rings. The maximum Gasteiger partial charge on any atom is 0.339 e. The molecule has 0 saturated carbocycles. The number of aryl methyl sites for hydroxylation is 2. The first-order valence-corrected chi connectivity index (χ1v) is 5.97.